The summed E-state index contributed by atoms with van der Waals surface area (Å²) in [6.07, 6.45) is 1.68. The summed E-state index contributed by atoms with van der Waals surface area (Å²) in [5, 5.41) is 8.36. The van der Waals surface area contributed by atoms with Crippen molar-refractivity contribution in [1.82, 2.24) is 4.90 Å². The number of benzene rings is 1. The van der Waals surface area contributed by atoms with E-state index in [1.165, 1.54) is 12.1 Å². The predicted molar refractivity (Wildman–Crippen MR) is 60.5 cm³/mol. The molecule has 0 bridgehead atoms. The second-order valence-corrected chi connectivity index (χ2v) is 2.87. The molecule has 0 fully saturated rings. The minimum Gasteiger partial charge on any atom is -0.395 e. The fraction of sp³-hybridized carbons (Fsp3) is 0.364. The number of aliphatic hydroxyl groups excluding tert-OH is 1. The highest BCUT2D eigenvalue weighted by molar-refractivity contribution is 5.53. The third-order valence-corrected chi connectivity index (χ3v) is 1.50. The van der Waals surface area contributed by atoms with E-state index in [9.17, 15) is 4.39 Å². The van der Waals surface area contributed by atoms with Crippen molar-refractivity contribution in [3.8, 4) is 0 Å². The topological polar surface area (TPSA) is 35.8 Å². The van der Waals surface area contributed by atoms with E-state index in [2.05, 4.69) is 4.99 Å². The molecule has 0 unspecified atom stereocenters. The van der Waals surface area contributed by atoms with E-state index in [0.717, 1.165) is 0 Å². The van der Waals surface area contributed by atoms with E-state index in [4.69, 9.17) is 5.11 Å². The Bertz CT molecular complexity index is 265. The van der Waals surface area contributed by atoms with Gasteiger partial charge in [-0.2, -0.15) is 0 Å². The molecule has 4 heteroatoms. The summed E-state index contributed by atoms with van der Waals surface area (Å²) in [6, 6.07) is 7.94. The lowest BCUT2D eigenvalue weighted by molar-refractivity contribution is 0.266. The number of hydrogen-bond donors (Lipinski definition) is 1. The van der Waals surface area contributed by atoms with Crippen LogP contribution in [0.5, 0.6) is 0 Å². The maximum atomic E-state index is 11.9. The first-order valence-electron chi connectivity index (χ1n) is 4.64. The molecule has 1 rings (SSSR count). The molecule has 3 nitrogen and oxygen atoms in total. The highest BCUT2D eigenvalue weighted by atomic mass is 19.1. The van der Waals surface area contributed by atoms with Gasteiger partial charge in [-0.25, -0.2) is 4.39 Å². The lowest BCUT2D eigenvalue weighted by Gasteiger charge is -2.08. The number of aliphatic imine (C=N–C) groups is 1. The van der Waals surface area contributed by atoms with Gasteiger partial charge in [0.05, 0.1) is 12.9 Å². The Morgan fingerprint density at radius 3 is 2.33 bits per heavy atom. The Morgan fingerprint density at radius 1 is 1.40 bits per heavy atom. The summed E-state index contributed by atoms with van der Waals surface area (Å²) in [7, 11) is 3.57. The molecule has 0 radical (unpaired) electrons. The molecule has 0 aromatic heterocycles. The zero-order valence-electron chi connectivity index (χ0n) is 9.10. The molecular formula is C11H17FN2O. The Morgan fingerprint density at radius 2 is 2.00 bits per heavy atom. The molecule has 0 saturated carbocycles. The van der Waals surface area contributed by atoms with Crippen LogP contribution in [0.25, 0.3) is 0 Å². The highest BCUT2D eigenvalue weighted by Crippen LogP contribution is 1.91. The first-order chi connectivity index (χ1) is 7.20. The van der Waals surface area contributed by atoms with Gasteiger partial charge < -0.3 is 10.0 Å². The summed E-state index contributed by atoms with van der Waals surface area (Å²) in [6.45, 7) is 0.833. The molecule has 84 valence electrons. The van der Waals surface area contributed by atoms with Crippen molar-refractivity contribution in [2.24, 2.45) is 4.99 Å². The lowest BCUT2D eigenvalue weighted by Crippen LogP contribution is -2.19. The summed E-state index contributed by atoms with van der Waals surface area (Å²) >= 11 is 0. The number of rotatable bonds is 3. The minimum absolute atomic E-state index is 0.178. The van der Waals surface area contributed by atoms with Crippen molar-refractivity contribution in [2.75, 3.05) is 27.2 Å². The monoisotopic (exact) mass is 212 g/mol. The molecular weight excluding hydrogens is 195 g/mol. The van der Waals surface area contributed by atoms with E-state index in [1.54, 1.807) is 31.6 Å². The second-order valence-electron chi connectivity index (χ2n) is 2.87. The zero-order chi connectivity index (χ0) is 11.5. The van der Waals surface area contributed by atoms with Crippen LogP contribution in [0.1, 0.15) is 0 Å². The Balaban J connectivity index is 0.000000262. The van der Waals surface area contributed by atoms with Gasteiger partial charge in [-0.05, 0) is 12.1 Å². The number of hydrogen-bond acceptors (Lipinski definition) is 2. The lowest BCUT2D eigenvalue weighted by atomic mass is 10.4. The molecule has 1 aromatic carbocycles. The maximum absolute atomic E-state index is 11.9. The quantitative estimate of drug-likeness (QED) is 0.607. The zero-order valence-corrected chi connectivity index (χ0v) is 9.10. The Hall–Kier alpha value is -1.42. The van der Waals surface area contributed by atoms with Crippen LogP contribution in [0.2, 0.25) is 0 Å². The molecule has 1 aromatic rings. The first-order valence-corrected chi connectivity index (χ1v) is 4.64. The number of nitrogens with zero attached hydrogens (tertiary/aromatic N) is 2. The normalized spacial score (nSPS) is 9.60. The van der Waals surface area contributed by atoms with Crippen LogP contribution in [0.15, 0.2) is 35.3 Å². The SMILES string of the molecule is CN=CN(C)CCO.Fc1ccccc1. The maximum Gasteiger partial charge on any atom is 0.123 e. The van der Waals surface area contributed by atoms with Crippen molar-refractivity contribution < 1.29 is 9.50 Å². The van der Waals surface area contributed by atoms with Gasteiger partial charge in [0.2, 0.25) is 0 Å². The van der Waals surface area contributed by atoms with Crippen LogP contribution in [0, 0.1) is 5.82 Å². The molecule has 0 aliphatic carbocycles. The molecule has 0 aliphatic heterocycles. The van der Waals surface area contributed by atoms with Gasteiger partial charge in [0, 0.05) is 20.6 Å². The second kappa shape index (κ2) is 9.15. The van der Waals surface area contributed by atoms with Crippen LogP contribution in [-0.2, 0) is 0 Å². The third kappa shape index (κ3) is 8.90. The Labute approximate surface area is 89.9 Å². The molecule has 0 saturated heterocycles. The van der Waals surface area contributed by atoms with Crippen LogP contribution >= 0.6 is 0 Å². The molecule has 0 amide bonds. The highest BCUT2D eigenvalue weighted by Gasteiger charge is 1.84. The van der Waals surface area contributed by atoms with Crippen molar-refractivity contribution in [1.29, 1.82) is 0 Å². The molecule has 0 heterocycles. The summed E-state index contributed by atoms with van der Waals surface area (Å²) in [5.74, 6) is -0.178. The van der Waals surface area contributed by atoms with Gasteiger partial charge in [0.25, 0.3) is 0 Å². The Kier molecular flexibility index (Phi) is 8.28. The van der Waals surface area contributed by atoms with Gasteiger partial charge >= 0.3 is 0 Å². The summed E-state index contributed by atoms with van der Waals surface area (Å²) in [5.41, 5.74) is 0. The van der Waals surface area contributed by atoms with Gasteiger partial charge in [-0.3, -0.25) is 4.99 Å². The van der Waals surface area contributed by atoms with Crippen molar-refractivity contribution >= 4 is 6.34 Å². The minimum atomic E-state index is -0.178. The predicted octanol–water partition coefficient (Wildman–Crippen LogP) is 1.39. The molecule has 15 heavy (non-hydrogen) atoms. The van der Waals surface area contributed by atoms with E-state index < -0.39 is 0 Å². The fourth-order valence-electron chi connectivity index (χ4n) is 0.827. The number of likely N-dealkylation sites (N-methyl/N-ethyl adjacent to an activating group) is 1. The molecule has 1 N–H and O–H groups in total. The van der Waals surface area contributed by atoms with Gasteiger partial charge in [0.15, 0.2) is 0 Å². The average Bonchev–Trinajstić information content (AvgIpc) is 2.20. The van der Waals surface area contributed by atoms with Crippen LogP contribution in [-0.4, -0.2) is 43.6 Å². The average molecular weight is 212 g/mol. The summed E-state index contributed by atoms with van der Waals surface area (Å²) in [4.78, 5) is 5.56. The van der Waals surface area contributed by atoms with Crippen molar-refractivity contribution in [2.45, 2.75) is 0 Å². The van der Waals surface area contributed by atoms with Gasteiger partial charge in [-0.1, -0.05) is 18.2 Å². The van der Waals surface area contributed by atoms with Crippen LogP contribution in [0.4, 0.5) is 4.39 Å². The number of halogens is 1. The van der Waals surface area contributed by atoms with E-state index in [0.29, 0.717) is 6.54 Å². The smallest absolute Gasteiger partial charge is 0.123 e. The van der Waals surface area contributed by atoms with Gasteiger partial charge in [0.1, 0.15) is 5.82 Å². The van der Waals surface area contributed by atoms with Crippen LogP contribution in [0.3, 0.4) is 0 Å². The van der Waals surface area contributed by atoms with Crippen molar-refractivity contribution in [3.05, 3.63) is 36.1 Å². The van der Waals surface area contributed by atoms with E-state index >= 15 is 0 Å². The molecule has 0 spiro atoms. The molecule has 0 aliphatic rings. The summed E-state index contributed by atoms with van der Waals surface area (Å²) < 4.78 is 11.9. The first kappa shape index (κ1) is 13.6. The molecule has 0 atom stereocenters. The van der Waals surface area contributed by atoms with E-state index in [-0.39, 0.29) is 12.4 Å². The fourth-order valence-corrected chi connectivity index (χ4v) is 0.827. The van der Waals surface area contributed by atoms with Crippen molar-refractivity contribution in [3.63, 3.8) is 0 Å². The largest absolute Gasteiger partial charge is 0.395 e. The van der Waals surface area contributed by atoms with Crippen LogP contribution < -0.4 is 0 Å². The third-order valence-electron chi connectivity index (χ3n) is 1.50. The van der Waals surface area contributed by atoms with Gasteiger partial charge in [-0.15, -0.1) is 0 Å². The van der Waals surface area contributed by atoms with E-state index in [1.807, 2.05) is 11.9 Å². The number of aliphatic hydroxyl groups is 1. The standard InChI is InChI=1S/C6H5F.C5H12N2O/c7-6-4-2-1-3-5-6;1-6-5-7(2)3-4-8/h1-5H;5,8H,3-4H2,1-2H3.